The van der Waals surface area contributed by atoms with E-state index in [-0.39, 0.29) is 11.3 Å². The molecule has 0 atom stereocenters. The van der Waals surface area contributed by atoms with Gasteiger partial charge in [0.15, 0.2) is 0 Å². The van der Waals surface area contributed by atoms with Crippen LogP contribution in [0, 0.1) is 5.82 Å². The summed E-state index contributed by atoms with van der Waals surface area (Å²) in [6, 6.07) is 17.2. The lowest BCUT2D eigenvalue weighted by molar-refractivity contribution is 0.102. The fraction of sp³-hybridized carbons (Fsp3) is 0.125. The summed E-state index contributed by atoms with van der Waals surface area (Å²) in [5.41, 5.74) is 2.03. The predicted octanol–water partition coefficient (Wildman–Crippen LogP) is 4.68. The van der Waals surface area contributed by atoms with Gasteiger partial charge in [0, 0.05) is 35.4 Å². The number of hydrogen-bond donors (Lipinski definition) is 2. The van der Waals surface area contributed by atoms with Crippen LogP contribution in [0.2, 0.25) is 5.02 Å². The Morgan fingerprint density at radius 2 is 1.69 bits per heavy atom. The highest BCUT2D eigenvalue weighted by Gasteiger charge is 2.18. The maximum Gasteiger partial charge on any atom is 0.257 e. The summed E-state index contributed by atoms with van der Waals surface area (Å²) >= 11 is 5.86. The molecule has 4 rings (SSSR count). The number of anilines is 2. The molecule has 1 aliphatic rings. The average molecular weight is 451 g/mol. The van der Waals surface area contributed by atoms with Crippen LogP contribution < -0.4 is 10.6 Å². The first kappa shape index (κ1) is 21.5. The Labute approximate surface area is 189 Å². The second kappa shape index (κ2) is 9.20. The number of amides is 2. The van der Waals surface area contributed by atoms with Crippen LogP contribution in [0.4, 0.5) is 15.8 Å². The lowest BCUT2D eigenvalue weighted by Crippen LogP contribution is -2.23. The normalized spacial score (nSPS) is 13.0. The van der Waals surface area contributed by atoms with Crippen molar-refractivity contribution in [3.63, 3.8) is 0 Å². The Morgan fingerprint density at radius 3 is 2.34 bits per heavy atom. The Kier molecular flexibility index (Phi) is 6.18. The van der Waals surface area contributed by atoms with Gasteiger partial charge in [-0.25, -0.2) is 4.39 Å². The minimum Gasteiger partial charge on any atom is -0.358 e. The number of carbonyl (C=O) groups is 2. The summed E-state index contributed by atoms with van der Waals surface area (Å²) in [5.74, 6) is -0.670. The molecule has 0 saturated carbocycles. The second-order valence-corrected chi connectivity index (χ2v) is 7.75. The van der Waals surface area contributed by atoms with Crippen molar-refractivity contribution in [2.45, 2.75) is 0 Å². The number of nitrogens with zero attached hydrogens (tertiary/aromatic N) is 2. The first-order valence-corrected chi connectivity index (χ1v) is 10.3. The topological polar surface area (TPSA) is 73.8 Å². The van der Waals surface area contributed by atoms with E-state index < -0.39 is 17.6 Å². The first-order valence-electron chi connectivity index (χ1n) is 9.94. The molecule has 6 nitrogen and oxygen atoms in total. The van der Waals surface area contributed by atoms with E-state index >= 15 is 0 Å². The molecule has 0 radical (unpaired) electrons. The number of benzene rings is 3. The zero-order valence-electron chi connectivity index (χ0n) is 17.2. The molecular weight excluding hydrogens is 431 g/mol. The summed E-state index contributed by atoms with van der Waals surface area (Å²) in [5, 5.41) is 5.90. The molecule has 0 aromatic heterocycles. The van der Waals surface area contributed by atoms with Gasteiger partial charge in [-0.05, 0) is 54.6 Å². The number of likely N-dealkylation sites (N-methyl/N-ethyl adjacent to an activating group) is 1. The molecule has 162 valence electrons. The number of halogens is 2. The maximum atomic E-state index is 13.9. The standard InChI is InChI=1S/C24H20ClFN4O2/c1-30-13-12-27-22(30)15-2-4-16(5-3-15)23(31)29-21-11-8-18(26)14-20(21)24(32)28-19-9-6-17(25)7-10-19/h2-11,14H,12-13H2,1H3,(H,28,32)(H,29,31). The smallest absolute Gasteiger partial charge is 0.257 e. The molecule has 0 saturated heterocycles. The lowest BCUT2D eigenvalue weighted by Gasteiger charge is -2.14. The van der Waals surface area contributed by atoms with Crippen LogP contribution in [0.25, 0.3) is 0 Å². The van der Waals surface area contributed by atoms with Crippen molar-refractivity contribution in [3.8, 4) is 0 Å². The van der Waals surface area contributed by atoms with Crippen molar-refractivity contribution in [1.29, 1.82) is 0 Å². The van der Waals surface area contributed by atoms with Crippen molar-refractivity contribution in [3.05, 3.63) is 94.3 Å². The zero-order chi connectivity index (χ0) is 22.7. The monoisotopic (exact) mass is 450 g/mol. The van der Waals surface area contributed by atoms with Crippen LogP contribution in [0.1, 0.15) is 26.3 Å². The van der Waals surface area contributed by atoms with Crippen LogP contribution in [0.15, 0.2) is 71.7 Å². The molecule has 8 heteroatoms. The SMILES string of the molecule is CN1CCN=C1c1ccc(C(=O)Nc2ccc(F)cc2C(=O)Nc2ccc(Cl)cc2)cc1. The van der Waals surface area contributed by atoms with Gasteiger partial charge in [-0.3, -0.25) is 14.6 Å². The molecule has 1 aliphatic heterocycles. The van der Waals surface area contributed by atoms with E-state index in [1.165, 1.54) is 12.1 Å². The third-order valence-corrected chi connectivity index (χ3v) is 5.29. The fourth-order valence-electron chi connectivity index (χ4n) is 3.35. The summed E-state index contributed by atoms with van der Waals surface area (Å²) in [6.07, 6.45) is 0. The number of rotatable bonds is 5. The van der Waals surface area contributed by atoms with Gasteiger partial charge < -0.3 is 15.5 Å². The molecular formula is C24H20ClFN4O2. The maximum absolute atomic E-state index is 13.9. The molecule has 32 heavy (non-hydrogen) atoms. The Bertz CT molecular complexity index is 1190. The van der Waals surface area contributed by atoms with E-state index in [0.717, 1.165) is 30.6 Å². The number of amidine groups is 1. The van der Waals surface area contributed by atoms with E-state index in [0.29, 0.717) is 16.3 Å². The first-order chi connectivity index (χ1) is 15.4. The Morgan fingerprint density at radius 1 is 0.969 bits per heavy atom. The molecule has 0 bridgehead atoms. The fourth-order valence-corrected chi connectivity index (χ4v) is 3.48. The summed E-state index contributed by atoms with van der Waals surface area (Å²) in [6.45, 7) is 1.61. The average Bonchev–Trinajstić information content (AvgIpc) is 3.22. The van der Waals surface area contributed by atoms with Crippen molar-refractivity contribution in [1.82, 2.24) is 4.90 Å². The molecule has 0 aliphatic carbocycles. The molecule has 3 aromatic rings. The molecule has 0 unspecified atom stereocenters. The molecule has 3 aromatic carbocycles. The van der Waals surface area contributed by atoms with Gasteiger partial charge in [0.2, 0.25) is 0 Å². The van der Waals surface area contributed by atoms with Crippen LogP contribution in [-0.4, -0.2) is 42.7 Å². The highest BCUT2D eigenvalue weighted by Crippen LogP contribution is 2.21. The van der Waals surface area contributed by atoms with Gasteiger partial charge >= 0.3 is 0 Å². The van der Waals surface area contributed by atoms with Gasteiger partial charge in [0.05, 0.1) is 17.8 Å². The number of nitrogens with one attached hydrogen (secondary N) is 2. The Hall–Kier alpha value is -3.71. The molecule has 1 heterocycles. The predicted molar refractivity (Wildman–Crippen MR) is 124 cm³/mol. The van der Waals surface area contributed by atoms with Crippen LogP contribution in [-0.2, 0) is 0 Å². The van der Waals surface area contributed by atoms with Gasteiger partial charge in [0.25, 0.3) is 11.8 Å². The van der Waals surface area contributed by atoms with Crippen molar-refractivity contribution in [2.75, 3.05) is 30.8 Å². The summed E-state index contributed by atoms with van der Waals surface area (Å²) in [4.78, 5) is 32.0. The van der Waals surface area contributed by atoms with E-state index in [1.807, 2.05) is 19.2 Å². The minimum atomic E-state index is -0.588. The largest absolute Gasteiger partial charge is 0.358 e. The lowest BCUT2D eigenvalue weighted by atomic mass is 10.1. The van der Waals surface area contributed by atoms with Crippen molar-refractivity contribution < 1.29 is 14.0 Å². The van der Waals surface area contributed by atoms with Crippen molar-refractivity contribution in [2.24, 2.45) is 4.99 Å². The van der Waals surface area contributed by atoms with Crippen LogP contribution >= 0.6 is 11.6 Å². The third-order valence-electron chi connectivity index (χ3n) is 5.04. The van der Waals surface area contributed by atoms with E-state index in [4.69, 9.17) is 11.6 Å². The van der Waals surface area contributed by atoms with E-state index in [2.05, 4.69) is 20.5 Å². The molecule has 2 amide bonds. The molecule has 2 N–H and O–H groups in total. The third kappa shape index (κ3) is 4.78. The quantitative estimate of drug-likeness (QED) is 0.593. The van der Waals surface area contributed by atoms with E-state index in [9.17, 15) is 14.0 Å². The molecule has 0 fully saturated rings. The molecule has 0 spiro atoms. The second-order valence-electron chi connectivity index (χ2n) is 7.31. The van der Waals surface area contributed by atoms with Crippen LogP contribution in [0.3, 0.4) is 0 Å². The number of carbonyl (C=O) groups excluding carboxylic acids is 2. The minimum absolute atomic E-state index is 0.00635. The summed E-state index contributed by atoms with van der Waals surface area (Å²) < 4.78 is 13.9. The van der Waals surface area contributed by atoms with Gasteiger partial charge in [-0.1, -0.05) is 23.7 Å². The number of hydrogen-bond acceptors (Lipinski definition) is 4. The number of aliphatic imine (C=N–C) groups is 1. The van der Waals surface area contributed by atoms with E-state index in [1.54, 1.807) is 36.4 Å². The van der Waals surface area contributed by atoms with Gasteiger partial charge in [-0.15, -0.1) is 0 Å². The highest BCUT2D eigenvalue weighted by molar-refractivity contribution is 6.30. The zero-order valence-corrected chi connectivity index (χ0v) is 18.0. The highest BCUT2D eigenvalue weighted by atomic mass is 35.5. The van der Waals surface area contributed by atoms with Crippen molar-refractivity contribution >= 4 is 40.6 Å². The van der Waals surface area contributed by atoms with Gasteiger partial charge in [0.1, 0.15) is 11.7 Å². The van der Waals surface area contributed by atoms with Gasteiger partial charge in [-0.2, -0.15) is 0 Å². The Balaban J connectivity index is 1.52. The van der Waals surface area contributed by atoms with Crippen LogP contribution in [0.5, 0.6) is 0 Å². The summed E-state index contributed by atoms with van der Waals surface area (Å²) in [7, 11) is 1.97.